The van der Waals surface area contributed by atoms with Crippen molar-refractivity contribution in [3.05, 3.63) is 65.1 Å². The van der Waals surface area contributed by atoms with Gasteiger partial charge in [-0.3, -0.25) is 4.90 Å². The van der Waals surface area contributed by atoms with Gasteiger partial charge in [0.25, 0.3) is 0 Å². The Morgan fingerprint density at radius 3 is 2.33 bits per heavy atom. The Labute approximate surface area is 160 Å². The van der Waals surface area contributed by atoms with Crippen LogP contribution >= 0.6 is 0 Å². The van der Waals surface area contributed by atoms with Crippen LogP contribution in [0.4, 0.5) is 17.2 Å². The molecule has 4 heteroatoms. The van der Waals surface area contributed by atoms with E-state index >= 15 is 0 Å². The summed E-state index contributed by atoms with van der Waals surface area (Å²) in [5, 5.41) is 0. The van der Waals surface area contributed by atoms with Gasteiger partial charge in [0, 0.05) is 0 Å². The van der Waals surface area contributed by atoms with E-state index in [1.165, 1.54) is 16.7 Å². The molecule has 1 aromatic heterocycles. The van der Waals surface area contributed by atoms with Crippen LogP contribution in [0.3, 0.4) is 0 Å². The predicted octanol–water partition coefficient (Wildman–Crippen LogP) is 6.27. The summed E-state index contributed by atoms with van der Waals surface area (Å²) in [6.45, 7) is 13.1. The van der Waals surface area contributed by atoms with Gasteiger partial charge in [0.05, 0.1) is 17.6 Å². The van der Waals surface area contributed by atoms with Crippen molar-refractivity contribution in [3.63, 3.8) is 0 Å². The summed E-state index contributed by atoms with van der Waals surface area (Å²) < 4.78 is 6.15. The summed E-state index contributed by atoms with van der Waals surface area (Å²) in [6, 6.07) is 10.8. The molecule has 4 nitrogen and oxygen atoms in total. The molecule has 0 saturated carbocycles. The lowest BCUT2D eigenvalue weighted by Gasteiger charge is -2.34. The van der Waals surface area contributed by atoms with E-state index in [0.29, 0.717) is 5.75 Å². The summed E-state index contributed by atoms with van der Waals surface area (Å²) >= 11 is 0. The van der Waals surface area contributed by atoms with Gasteiger partial charge >= 0.3 is 0 Å². The topological polar surface area (TPSA) is 38.3 Å². The molecule has 1 aliphatic rings. The standard InChI is InChI=1S/C23H25N3O/c1-14-8-7-9-18-21(14)27-19-12-24-13-25-22(19)26(18)20-15(2)10-17(11-16(20)3)23(4,5)6/h7-13H,1-6H3. The van der Waals surface area contributed by atoms with Crippen molar-refractivity contribution < 1.29 is 4.74 Å². The Morgan fingerprint density at radius 1 is 0.963 bits per heavy atom. The number of aryl methyl sites for hydroxylation is 3. The van der Waals surface area contributed by atoms with Crippen LogP contribution in [0, 0.1) is 20.8 Å². The van der Waals surface area contributed by atoms with E-state index in [0.717, 1.165) is 28.5 Å². The average molecular weight is 359 g/mol. The smallest absolute Gasteiger partial charge is 0.189 e. The number of para-hydroxylation sites is 1. The molecule has 3 aromatic rings. The number of fused-ring (bicyclic) bond motifs is 2. The van der Waals surface area contributed by atoms with E-state index in [2.05, 4.69) is 86.7 Å². The molecule has 0 bridgehead atoms. The Hall–Kier alpha value is -2.88. The highest BCUT2D eigenvalue weighted by atomic mass is 16.5. The fraction of sp³-hybridized carbons (Fsp3) is 0.304. The third-order valence-electron chi connectivity index (χ3n) is 5.10. The molecule has 138 valence electrons. The highest BCUT2D eigenvalue weighted by Gasteiger charge is 2.30. The molecule has 0 atom stereocenters. The highest BCUT2D eigenvalue weighted by molar-refractivity contribution is 5.87. The molecule has 2 heterocycles. The van der Waals surface area contributed by atoms with E-state index in [1.54, 1.807) is 12.5 Å². The van der Waals surface area contributed by atoms with Crippen molar-refractivity contribution in [2.75, 3.05) is 4.90 Å². The summed E-state index contributed by atoms with van der Waals surface area (Å²) in [5.41, 5.74) is 7.13. The van der Waals surface area contributed by atoms with Gasteiger partial charge in [0.15, 0.2) is 17.3 Å². The van der Waals surface area contributed by atoms with Crippen molar-refractivity contribution in [3.8, 4) is 11.5 Å². The highest BCUT2D eigenvalue weighted by Crippen LogP contribution is 2.51. The third-order valence-corrected chi connectivity index (χ3v) is 5.10. The number of nitrogens with zero attached hydrogens (tertiary/aromatic N) is 3. The van der Waals surface area contributed by atoms with Crippen LogP contribution in [0.25, 0.3) is 0 Å². The van der Waals surface area contributed by atoms with Gasteiger partial charge in [-0.2, -0.15) is 0 Å². The number of rotatable bonds is 1. The van der Waals surface area contributed by atoms with Crippen molar-refractivity contribution >= 4 is 17.2 Å². The van der Waals surface area contributed by atoms with Crippen molar-refractivity contribution in [1.82, 2.24) is 9.97 Å². The second kappa shape index (κ2) is 6.08. The second-order valence-corrected chi connectivity index (χ2v) is 8.28. The maximum absolute atomic E-state index is 6.15. The van der Waals surface area contributed by atoms with Crippen LogP contribution in [-0.2, 0) is 5.41 Å². The quantitative estimate of drug-likeness (QED) is 0.401. The van der Waals surface area contributed by atoms with Gasteiger partial charge in [-0.1, -0.05) is 45.0 Å². The maximum atomic E-state index is 6.15. The van der Waals surface area contributed by atoms with Crippen LogP contribution in [0.2, 0.25) is 0 Å². The van der Waals surface area contributed by atoms with Crippen LogP contribution in [-0.4, -0.2) is 9.97 Å². The zero-order valence-corrected chi connectivity index (χ0v) is 16.8. The summed E-state index contributed by atoms with van der Waals surface area (Å²) in [6.07, 6.45) is 3.31. The van der Waals surface area contributed by atoms with Crippen molar-refractivity contribution in [2.24, 2.45) is 0 Å². The summed E-state index contributed by atoms with van der Waals surface area (Å²) in [4.78, 5) is 10.9. The van der Waals surface area contributed by atoms with E-state index in [1.807, 2.05) is 0 Å². The first-order valence-corrected chi connectivity index (χ1v) is 9.26. The predicted molar refractivity (Wildman–Crippen MR) is 110 cm³/mol. The van der Waals surface area contributed by atoms with Gasteiger partial charge in [-0.25, -0.2) is 9.97 Å². The molecule has 4 rings (SSSR count). The van der Waals surface area contributed by atoms with E-state index in [-0.39, 0.29) is 5.41 Å². The van der Waals surface area contributed by atoms with Crippen LogP contribution in [0.15, 0.2) is 42.9 Å². The van der Waals surface area contributed by atoms with Crippen LogP contribution in [0.5, 0.6) is 11.5 Å². The number of ether oxygens (including phenoxy) is 1. The van der Waals surface area contributed by atoms with Gasteiger partial charge < -0.3 is 4.74 Å². The molecule has 0 fully saturated rings. The lowest BCUT2D eigenvalue weighted by molar-refractivity contribution is 0.467. The molecule has 1 aliphatic heterocycles. The van der Waals surface area contributed by atoms with Gasteiger partial charge in [-0.05, 0) is 54.5 Å². The molecule has 0 spiro atoms. The fourth-order valence-corrected chi connectivity index (χ4v) is 3.69. The zero-order valence-electron chi connectivity index (χ0n) is 16.8. The molecular weight excluding hydrogens is 334 g/mol. The van der Waals surface area contributed by atoms with E-state index < -0.39 is 0 Å². The van der Waals surface area contributed by atoms with E-state index in [4.69, 9.17) is 4.74 Å². The minimum atomic E-state index is 0.105. The van der Waals surface area contributed by atoms with Crippen molar-refractivity contribution in [2.45, 2.75) is 47.0 Å². The Bertz CT molecular complexity index is 1010. The monoisotopic (exact) mass is 359 g/mol. The van der Waals surface area contributed by atoms with Crippen molar-refractivity contribution in [1.29, 1.82) is 0 Å². The third kappa shape index (κ3) is 2.85. The van der Waals surface area contributed by atoms with Crippen LogP contribution < -0.4 is 9.64 Å². The first kappa shape index (κ1) is 17.5. The molecule has 2 aromatic carbocycles. The largest absolute Gasteiger partial charge is 0.449 e. The zero-order chi connectivity index (χ0) is 19.3. The summed E-state index contributed by atoms with van der Waals surface area (Å²) in [7, 11) is 0. The van der Waals surface area contributed by atoms with Crippen LogP contribution in [0.1, 0.15) is 43.0 Å². The molecule has 0 aliphatic carbocycles. The Balaban J connectivity index is 1.99. The molecule has 0 N–H and O–H groups in total. The average Bonchev–Trinajstić information content (AvgIpc) is 2.60. The van der Waals surface area contributed by atoms with Gasteiger partial charge in [0.1, 0.15) is 6.33 Å². The van der Waals surface area contributed by atoms with Gasteiger partial charge in [-0.15, -0.1) is 0 Å². The first-order valence-electron chi connectivity index (χ1n) is 9.26. The maximum Gasteiger partial charge on any atom is 0.189 e. The molecule has 0 saturated heterocycles. The van der Waals surface area contributed by atoms with Gasteiger partial charge in [0.2, 0.25) is 0 Å². The number of hydrogen-bond donors (Lipinski definition) is 0. The number of aromatic nitrogens is 2. The molecule has 0 radical (unpaired) electrons. The minimum Gasteiger partial charge on any atom is -0.449 e. The molecule has 0 unspecified atom stereocenters. The first-order chi connectivity index (χ1) is 12.8. The number of anilines is 3. The molecule has 27 heavy (non-hydrogen) atoms. The minimum absolute atomic E-state index is 0.105. The lowest BCUT2D eigenvalue weighted by atomic mass is 9.84. The Kier molecular flexibility index (Phi) is 3.95. The normalized spacial score (nSPS) is 13.0. The number of hydrogen-bond acceptors (Lipinski definition) is 4. The fourth-order valence-electron chi connectivity index (χ4n) is 3.69. The van der Waals surface area contributed by atoms with E-state index in [9.17, 15) is 0 Å². The SMILES string of the molecule is Cc1cccc2c1Oc1cncnc1N2c1c(C)cc(C(C)(C)C)cc1C. The number of benzene rings is 2. The summed E-state index contributed by atoms with van der Waals surface area (Å²) in [5.74, 6) is 2.31. The molecular formula is C23H25N3O. The lowest BCUT2D eigenvalue weighted by Crippen LogP contribution is -2.20. The second-order valence-electron chi connectivity index (χ2n) is 8.28. The Morgan fingerprint density at radius 2 is 1.67 bits per heavy atom. The molecule has 0 amide bonds.